The molecule has 1 aromatic carbocycles. The molecule has 4 nitrogen and oxygen atoms in total. The Morgan fingerprint density at radius 3 is 2.57 bits per heavy atom. The number of carbonyl (C=O) groups is 1. The molecule has 1 amide bonds. The van der Waals surface area contributed by atoms with E-state index in [9.17, 15) is 18.0 Å². The Morgan fingerprint density at radius 1 is 1.26 bits per heavy atom. The van der Waals surface area contributed by atoms with Gasteiger partial charge in [-0.2, -0.15) is 0 Å². The minimum Gasteiger partial charge on any atom is -0.405 e. The SMILES string of the molecule is CC(NC(=O)c1ccc(Cl)nc1)c1ccccc1OC(F)(F)F. The van der Waals surface area contributed by atoms with Crippen LogP contribution in [0.3, 0.4) is 0 Å². The maximum atomic E-state index is 12.4. The van der Waals surface area contributed by atoms with Crippen molar-refractivity contribution in [3.05, 3.63) is 58.9 Å². The Hall–Kier alpha value is -2.28. The van der Waals surface area contributed by atoms with Crippen molar-refractivity contribution in [3.8, 4) is 5.75 Å². The van der Waals surface area contributed by atoms with E-state index >= 15 is 0 Å². The first-order valence-electron chi connectivity index (χ1n) is 6.53. The summed E-state index contributed by atoms with van der Waals surface area (Å²) in [5.41, 5.74) is 0.454. The van der Waals surface area contributed by atoms with Crippen LogP contribution in [0.4, 0.5) is 13.2 Å². The van der Waals surface area contributed by atoms with Crippen molar-refractivity contribution in [1.82, 2.24) is 10.3 Å². The van der Waals surface area contributed by atoms with Crippen LogP contribution in [0.15, 0.2) is 42.6 Å². The summed E-state index contributed by atoms with van der Waals surface area (Å²) in [7, 11) is 0. The molecule has 23 heavy (non-hydrogen) atoms. The Bertz CT molecular complexity index is 690. The van der Waals surface area contributed by atoms with Gasteiger partial charge in [0.25, 0.3) is 5.91 Å². The molecule has 0 radical (unpaired) electrons. The number of para-hydroxylation sites is 1. The van der Waals surface area contributed by atoms with Crippen LogP contribution in [0, 0.1) is 0 Å². The van der Waals surface area contributed by atoms with E-state index in [1.165, 1.54) is 36.5 Å². The van der Waals surface area contributed by atoms with Crippen molar-refractivity contribution in [2.75, 3.05) is 0 Å². The highest BCUT2D eigenvalue weighted by atomic mass is 35.5. The van der Waals surface area contributed by atoms with Gasteiger partial charge in [0.05, 0.1) is 11.6 Å². The zero-order valence-corrected chi connectivity index (χ0v) is 12.7. The first-order valence-corrected chi connectivity index (χ1v) is 6.91. The number of ether oxygens (including phenoxy) is 1. The number of nitrogens with one attached hydrogen (secondary N) is 1. The molecule has 0 aliphatic heterocycles. The predicted molar refractivity (Wildman–Crippen MR) is 78.3 cm³/mol. The van der Waals surface area contributed by atoms with Crippen molar-refractivity contribution >= 4 is 17.5 Å². The second kappa shape index (κ2) is 6.87. The molecule has 0 aliphatic rings. The molecule has 0 bridgehead atoms. The molecule has 1 atom stereocenters. The average molecular weight is 345 g/mol. The van der Waals surface area contributed by atoms with Gasteiger partial charge >= 0.3 is 6.36 Å². The third-order valence-electron chi connectivity index (χ3n) is 2.95. The number of benzene rings is 1. The fourth-order valence-corrected chi connectivity index (χ4v) is 2.04. The van der Waals surface area contributed by atoms with Crippen molar-refractivity contribution in [3.63, 3.8) is 0 Å². The molecule has 0 saturated carbocycles. The molecule has 122 valence electrons. The smallest absolute Gasteiger partial charge is 0.405 e. The van der Waals surface area contributed by atoms with Gasteiger partial charge in [0, 0.05) is 11.8 Å². The van der Waals surface area contributed by atoms with Crippen LogP contribution in [0.1, 0.15) is 28.9 Å². The first-order chi connectivity index (χ1) is 10.8. The van der Waals surface area contributed by atoms with Gasteiger partial charge in [0.1, 0.15) is 10.9 Å². The molecule has 0 spiro atoms. The average Bonchev–Trinajstić information content (AvgIpc) is 2.46. The lowest BCUT2D eigenvalue weighted by Crippen LogP contribution is -2.28. The summed E-state index contributed by atoms with van der Waals surface area (Å²) in [6.07, 6.45) is -3.53. The molecule has 0 fully saturated rings. The highest BCUT2D eigenvalue weighted by Crippen LogP contribution is 2.30. The van der Waals surface area contributed by atoms with E-state index in [0.717, 1.165) is 0 Å². The van der Waals surface area contributed by atoms with Crippen LogP contribution in [0.25, 0.3) is 0 Å². The molecule has 1 unspecified atom stereocenters. The maximum Gasteiger partial charge on any atom is 0.573 e. The first kappa shape index (κ1) is 17.1. The van der Waals surface area contributed by atoms with Gasteiger partial charge in [0.2, 0.25) is 0 Å². The highest BCUT2D eigenvalue weighted by molar-refractivity contribution is 6.29. The van der Waals surface area contributed by atoms with Crippen molar-refractivity contribution in [2.24, 2.45) is 0 Å². The Morgan fingerprint density at radius 2 is 1.96 bits per heavy atom. The third kappa shape index (κ3) is 4.85. The van der Waals surface area contributed by atoms with Gasteiger partial charge in [-0.1, -0.05) is 29.8 Å². The number of alkyl halides is 3. The summed E-state index contributed by atoms with van der Waals surface area (Å²) in [6.45, 7) is 1.56. The normalized spacial score (nSPS) is 12.6. The molecule has 0 aliphatic carbocycles. The van der Waals surface area contributed by atoms with E-state index in [1.54, 1.807) is 13.0 Å². The fourth-order valence-electron chi connectivity index (χ4n) is 1.92. The van der Waals surface area contributed by atoms with Crippen LogP contribution < -0.4 is 10.1 Å². The number of rotatable bonds is 4. The molecular formula is C15H12ClF3N2O2. The number of halogens is 4. The Kier molecular flexibility index (Phi) is 5.10. The lowest BCUT2D eigenvalue weighted by Gasteiger charge is -2.19. The number of amides is 1. The lowest BCUT2D eigenvalue weighted by molar-refractivity contribution is -0.275. The zero-order valence-electron chi connectivity index (χ0n) is 11.9. The summed E-state index contributed by atoms with van der Waals surface area (Å²) >= 11 is 5.63. The van der Waals surface area contributed by atoms with E-state index < -0.39 is 18.3 Å². The number of hydrogen-bond acceptors (Lipinski definition) is 3. The second-order valence-corrected chi connectivity index (χ2v) is 5.04. The van der Waals surface area contributed by atoms with E-state index in [4.69, 9.17) is 11.6 Å². The minimum atomic E-state index is -4.81. The van der Waals surface area contributed by atoms with Crippen LogP contribution in [0.5, 0.6) is 5.75 Å². The van der Waals surface area contributed by atoms with Crippen molar-refractivity contribution in [1.29, 1.82) is 0 Å². The number of aromatic nitrogens is 1. The molecule has 1 aromatic heterocycles. The molecule has 2 rings (SSSR count). The standard InChI is InChI=1S/C15H12ClF3N2O2/c1-9(21-14(22)10-6-7-13(16)20-8-10)11-4-2-3-5-12(11)23-15(17,18)19/h2-9H,1H3,(H,21,22). The van der Waals surface area contributed by atoms with Crippen molar-refractivity contribution in [2.45, 2.75) is 19.3 Å². The Labute approximate surface area is 135 Å². The van der Waals surface area contributed by atoms with Gasteiger partial charge < -0.3 is 10.1 Å². The van der Waals surface area contributed by atoms with E-state index in [2.05, 4.69) is 15.0 Å². The number of pyridine rings is 1. The monoisotopic (exact) mass is 344 g/mol. The van der Waals surface area contributed by atoms with E-state index in [-0.39, 0.29) is 22.0 Å². The van der Waals surface area contributed by atoms with E-state index in [1.807, 2.05) is 0 Å². The fraction of sp³-hybridized carbons (Fsp3) is 0.200. The highest BCUT2D eigenvalue weighted by Gasteiger charge is 2.32. The number of nitrogens with zero attached hydrogens (tertiary/aromatic N) is 1. The van der Waals surface area contributed by atoms with Gasteiger partial charge in [-0.15, -0.1) is 13.2 Å². The molecule has 2 aromatic rings. The van der Waals surface area contributed by atoms with E-state index in [0.29, 0.717) is 0 Å². The quantitative estimate of drug-likeness (QED) is 0.849. The van der Waals surface area contributed by atoms with Crippen LogP contribution in [0.2, 0.25) is 5.15 Å². The zero-order chi connectivity index (χ0) is 17.0. The number of hydrogen-bond donors (Lipinski definition) is 1. The summed E-state index contributed by atoms with van der Waals surface area (Å²) < 4.78 is 41.2. The topological polar surface area (TPSA) is 51.2 Å². The van der Waals surface area contributed by atoms with Crippen LogP contribution >= 0.6 is 11.6 Å². The molecule has 1 heterocycles. The maximum absolute atomic E-state index is 12.4. The largest absolute Gasteiger partial charge is 0.573 e. The van der Waals surface area contributed by atoms with Gasteiger partial charge in [-0.25, -0.2) is 4.98 Å². The summed E-state index contributed by atoms with van der Waals surface area (Å²) in [5, 5.41) is 2.82. The Balaban J connectivity index is 2.16. The summed E-state index contributed by atoms with van der Waals surface area (Å²) in [6, 6.07) is 7.84. The summed E-state index contributed by atoms with van der Waals surface area (Å²) in [5.74, 6) is -0.842. The van der Waals surface area contributed by atoms with Gasteiger partial charge in [0.15, 0.2) is 0 Å². The number of carbonyl (C=O) groups excluding carboxylic acids is 1. The van der Waals surface area contributed by atoms with Crippen molar-refractivity contribution < 1.29 is 22.7 Å². The molecular weight excluding hydrogens is 333 g/mol. The third-order valence-corrected chi connectivity index (χ3v) is 3.17. The molecule has 1 N–H and O–H groups in total. The minimum absolute atomic E-state index is 0.208. The van der Waals surface area contributed by atoms with Gasteiger partial charge in [-0.05, 0) is 25.1 Å². The van der Waals surface area contributed by atoms with Crippen LogP contribution in [-0.2, 0) is 0 Å². The van der Waals surface area contributed by atoms with Crippen LogP contribution in [-0.4, -0.2) is 17.3 Å². The lowest BCUT2D eigenvalue weighted by atomic mass is 10.1. The molecule has 0 saturated heterocycles. The summed E-state index contributed by atoms with van der Waals surface area (Å²) in [4.78, 5) is 15.9. The molecule has 8 heteroatoms. The predicted octanol–water partition coefficient (Wildman–Crippen LogP) is 4.12. The van der Waals surface area contributed by atoms with Gasteiger partial charge in [-0.3, -0.25) is 4.79 Å². The second-order valence-electron chi connectivity index (χ2n) is 4.65.